The fraction of sp³-hybridized carbons (Fsp3) is 0.300. The number of rotatable bonds is 10. The van der Waals surface area contributed by atoms with Crippen LogP contribution in [0, 0.1) is 6.92 Å². The number of fused-ring (bicyclic) bond motifs is 2. The molecule has 2 atom stereocenters. The first-order valence-corrected chi connectivity index (χ1v) is 12.0. The summed E-state index contributed by atoms with van der Waals surface area (Å²) in [6.45, 7) is 5.10. The molecule has 0 radical (unpaired) electrons. The molecule has 182 valence electrons. The summed E-state index contributed by atoms with van der Waals surface area (Å²) in [5, 5.41) is 9.15. The Balaban J connectivity index is 1.43. The van der Waals surface area contributed by atoms with Crippen LogP contribution in [0.2, 0.25) is 0 Å². The van der Waals surface area contributed by atoms with Crippen molar-refractivity contribution < 1.29 is 24.1 Å². The summed E-state index contributed by atoms with van der Waals surface area (Å²) in [7, 11) is 1.40. The lowest BCUT2D eigenvalue weighted by molar-refractivity contribution is -0.148. The number of hydrogen-bond donors (Lipinski definition) is 1. The molecule has 0 spiro atoms. The average Bonchev–Trinajstić information content (AvgIpc) is 3.01. The first kappa shape index (κ1) is 24.7. The number of hydrogen-bond acceptors (Lipinski definition) is 4. The quantitative estimate of drug-likeness (QED) is 0.374. The second kappa shape index (κ2) is 11.3. The molecule has 3 aromatic rings. The van der Waals surface area contributed by atoms with Gasteiger partial charge in [0.2, 0.25) is 0 Å². The molecule has 0 aromatic heterocycles. The SMILES string of the molecule is CCc1ccc2c(c1)C=Cc1ccc(C)cc1C2OCCOc1ccc(CC(OC)C(=O)O)cc1. The van der Waals surface area contributed by atoms with Crippen molar-refractivity contribution in [3.63, 3.8) is 0 Å². The van der Waals surface area contributed by atoms with Crippen LogP contribution in [-0.4, -0.2) is 37.5 Å². The highest BCUT2D eigenvalue weighted by atomic mass is 16.5. The summed E-state index contributed by atoms with van der Waals surface area (Å²) < 4.78 is 17.4. The fourth-order valence-corrected chi connectivity index (χ4v) is 4.36. The standard InChI is InChI=1S/C30H32O5/c1-4-21-8-14-26-24(18-21)11-10-23-9-5-20(2)17-27(23)29(26)35-16-15-34-25-12-6-22(7-13-25)19-28(33-3)30(31)32/h5-14,17-18,28-29H,4,15-16,19H2,1-3H3,(H,31,32). The Morgan fingerprint density at radius 2 is 1.66 bits per heavy atom. The maximum absolute atomic E-state index is 11.2. The van der Waals surface area contributed by atoms with Crippen LogP contribution in [0.1, 0.15) is 52.0 Å². The zero-order valence-electron chi connectivity index (χ0n) is 20.5. The molecule has 0 amide bonds. The van der Waals surface area contributed by atoms with E-state index in [0.717, 1.165) is 12.0 Å². The van der Waals surface area contributed by atoms with Crippen LogP contribution in [-0.2, 0) is 27.1 Å². The number of carboxylic acids is 1. The first-order chi connectivity index (χ1) is 17.0. The maximum atomic E-state index is 11.2. The van der Waals surface area contributed by atoms with Gasteiger partial charge >= 0.3 is 5.97 Å². The van der Waals surface area contributed by atoms with Crippen molar-refractivity contribution in [1.29, 1.82) is 0 Å². The highest BCUT2D eigenvalue weighted by Crippen LogP contribution is 2.36. The lowest BCUT2D eigenvalue weighted by atomic mass is 9.94. The molecule has 0 saturated heterocycles. The lowest BCUT2D eigenvalue weighted by Gasteiger charge is -2.22. The van der Waals surface area contributed by atoms with Crippen molar-refractivity contribution in [1.82, 2.24) is 0 Å². The molecular weight excluding hydrogens is 440 g/mol. The highest BCUT2D eigenvalue weighted by Gasteiger charge is 2.23. The third-order valence-corrected chi connectivity index (χ3v) is 6.35. The first-order valence-electron chi connectivity index (χ1n) is 12.0. The van der Waals surface area contributed by atoms with Gasteiger partial charge in [0.1, 0.15) is 18.5 Å². The van der Waals surface area contributed by atoms with E-state index in [1.165, 1.54) is 40.5 Å². The number of ether oxygens (including phenoxy) is 3. The van der Waals surface area contributed by atoms with Crippen molar-refractivity contribution in [3.8, 4) is 5.75 Å². The summed E-state index contributed by atoms with van der Waals surface area (Å²) in [5.74, 6) is -0.253. The van der Waals surface area contributed by atoms with Gasteiger partial charge in [-0.3, -0.25) is 0 Å². The molecule has 0 bridgehead atoms. The maximum Gasteiger partial charge on any atom is 0.333 e. The molecule has 0 heterocycles. The Morgan fingerprint density at radius 3 is 2.37 bits per heavy atom. The molecule has 5 heteroatoms. The molecule has 5 nitrogen and oxygen atoms in total. The van der Waals surface area contributed by atoms with Gasteiger partial charge < -0.3 is 19.3 Å². The van der Waals surface area contributed by atoms with Crippen LogP contribution < -0.4 is 4.74 Å². The van der Waals surface area contributed by atoms with E-state index in [1.54, 1.807) is 0 Å². The van der Waals surface area contributed by atoms with Crippen molar-refractivity contribution in [2.24, 2.45) is 0 Å². The van der Waals surface area contributed by atoms with Gasteiger partial charge in [-0.2, -0.15) is 0 Å². The number of carboxylic acid groups (broad SMARTS) is 1. The van der Waals surface area contributed by atoms with E-state index in [2.05, 4.69) is 62.4 Å². The van der Waals surface area contributed by atoms with Gasteiger partial charge in [-0.05, 0) is 58.9 Å². The molecule has 35 heavy (non-hydrogen) atoms. The minimum atomic E-state index is -0.969. The van der Waals surface area contributed by atoms with Crippen LogP contribution in [0.25, 0.3) is 12.2 Å². The Hall–Kier alpha value is -3.41. The van der Waals surface area contributed by atoms with E-state index < -0.39 is 12.1 Å². The summed E-state index contributed by atoms with van der Waals surface area (Å²) in [6, 6.07) is 20.5. The predicted molar refractivity (Wildman–Crippen MR) is 138 cm³/mol. The molecule has 1 N–H and O–H groups in total. The third kappa shape index (κ3) is 5.99. The van der Waals surface area contributed by atoms with Gasteiger partial charge in [-0.1, -0.05) is 73.2 Å². The molecule has 1 aliphatic carbocycles. The van der Waals surface area contributed by atoms with E-state index in [-0.39, 0.29) is 6.10 Å². The van der Waals surface area contributed by atoms with Gasteiger partial charge in [0.15, 0.2) is 6.10 Å². The predicted octanol–water partition coefficient (Wildman–Crippen LogP) is 5.87. The van der Waals surface area contributed by atoms with Crippen LogP contribution in [0.4, 0.5) is 0 Å². The van der Waals surface area contributed by atoms with Crippen LogP contribution in [0.15, 0.2) is 60.7 Å². The highest BCUT2D eigenvalue weighted by molar-refractivity contribution is 5.76. The second-order valence-electron chi connectivity index (χ2n) is 8.79. The minimum Gasteiger partial charge on any atom is -0.491 e. The van der Waals surface area contributed by atoms with Gasteiger partial charge in [0.25, 0.3) is 0 Å². The van der Waals surface area contributed by atoms with E-state index in [0.29, 0.717) is 25.4 Å². The van der Waals surface area contributed by atoms with E-state index >= 15 is 0 Å². The summed E-state index contributed by atoms with van der Waals surface area (Å²) in [6.07, 6.45) is 4.63. The van der Waals surface area contributed by atoms with E-state index in [1.807, 2.05) is 24.3 Å². The topological polar surface area (TPSA) is 65.0 Å². The van der Waals surface area contributed by atoms with Gasteiger partial charge in [0.05, 0.1) is 6.61 Å². The Morgan fingerprint density at radius 1 is 0.914 bits per heavy atom. The van der Waals surface area contributed by atoms with Gasteiger partial charge in [-0.25, -0.2) is 4.79 Å². The van der Waals surface area contributed by atoms with Crippen molar-refractivity contribution >= 4 is 18.1 Å². The number of aryl methyl sites for hydroxylation is 2. The van der Waals surface area contributed by atoms with Crippen LogP contribution in [0.5, 0.6) is 5.75 Å². The number of benzene rings is 3. The molecule has 3 aromatic carbocycles. The largest absolute Gasteiger partial charge is 0.491 e. The summed E-state index contributed by atoms with van der Waals surface area (Å²) in [5.41, 5.74) is 8.08. The van der Waals surface area contributed by atoms with Crippen LogP contribution >= 0.6 is 0 Å². The monoisotopic (exact) mass is 472 g/mol. The zero-order chi connectivity index (χ0) is 24.8. The Kier molecular flexibility index (Phi) is 8.01. The molecule has 4 rings (SSSR count). The van der Waals surface area contributed by atoms with Crippen molar-refractivity contribution in [2.75, 3.05) is 20.3 Å². The van der Waals surface area contributed by atoms with E-state index in [4.69, 9.17) is 19.3 Å². The smallest absolute Gasteiger partial charge is 0.333 e. The molecule has 1 aliphatic rings. The zero-order valence-corrected chi connectivity index (χ0v) is 20.5. The van der Waals surface area contributed by atoms with Crippen molar-refractivity contribution in [3.05, 3.63) is 99.6 Å². The number of aliphatic carboxylic acids is 1. The van der Waals surface area contributed by atoms with Crippen LogP contribution in [0.3, 0.4) is 0 Å². The number of methoxy groups -OCH3 is 1. The fourth-order valence-electron chi connectivity index (χ4n) is 4.36. The van der Waals surface area contributed by atoms with Gasteiger partial charge in [-0.15, -0.1) is 0 Å². The Labute approximate surface area is 207 Å². The summed E-state index contributed by atoms with van der Waals surface area (Å²) in [4.78, 5) is 11.2. The average molecular weight is 473 g/mol. The van der Waals surface area contributed by atoms with Crippen molar-refractivity contribution in [2.45, 2.75) is 38.9 Å². The minimum absolute atomic E-state index is 0.172. The summed E-state index contributed by atoms with van der Waals surface area (Å²) >= 11 is 0. The Bertz CT molecular complexity index is 1200. The molecule has 0 fully saturated rings. The van der Waals surface area contributed by atoms with Gasteiger partial charge in [0, 0.05) is 13.5 Å². The molecular formula is C30H32O5. The van der Waals surface area contributed by atoms with E-state index in [9.17, 15) is 4.79 Å². The molecule has 0 saturated carbocycles. The number of carbonyl (C=O) groups is 1. The molecule has 2 unspecified atom stereocenters. The lowest BCUT2D eigenvalue weighted by Crippen LogP contribution is -2.24. The third-order valence-electron chi connectivity index (χ3n) is 6.35. The normalized spacial score (nSPS) is 15.1. The molecule has 0 aliphatic heterocycles. The second-order valence-corrected chi connectivity index (χ2v) is 8.79.